The summed E-state index contributed by atoms with van der Waals surface area (Å²) in [7, 11) is 0. The van der Waals surface area contributed by atoms with Crippen LogP contribution in [0.4, 0.5) is 5.69 Å². The van der Waals surface area contributed by atoms with Crippen LogP contribution in [0.5, 0.6) is 0 Å². The molecule has 2 rings (SSSR count). The Hall–Kier alpha value is -1.03. The third kappa shape index (κ3) is 3.48. The van der Waals surface area contributed by atoms with Crippen LogP contribution in [0, 0.1) is 0 Å². The van der Waals surface area contributed by atoms with Gasteiger partial charge >= 0.3 is 0 Å². The molecule has 0 unspecified atom stereocenters. The first-order chi connectivity index (χ1) is 8.81. The maximum absolute atomic E-state index is 6.08. The first-order valence-corrected chi connectivity index (χ1v) is 6.49. The van der Waals surface area contributed by atoms with Crippen molar-refractivity contribution in [2.75, 3.05) is 37.8 Å². The quantitative estimate of drug-likeness (QED) is 0.605. The molecule has 1 fully saturated rings. The maximum Gasteiger partial charge on any atom is 0.0741 e. The van der Waals surface area contributed by atoms with Crippen molar-refractivity contribution in [2.45, 2.75) is 6.61 Å². The van der Waals surface area contributed by atoms with Gasteiger partial charge in [-0.3, -0.25) is 0 Å². The lowest BCUT2D eigenvalue weighted by molar-refractivity contribution is 0.121. The number of halogens is 1. The summed E-state index contributed by atoms with van der Waals surface area (Å²) in [4.78, 5) is 2.29. The first kappa shape index (κ1) is 13.4. The normalized spacial score (nSPS) is 15.7. The lowest BCUT2D eigenvalue weighted by atomic mass is 10.1. The predicted octanol–water partition coefficient (Wildman–Crippen LogP) is 2.88. The molecule has 18 heavy (non-hydrogen) atoms. The molecule has 98 valence electrons. The van der Waals surface area contributed by atoms with E-state index in [0.717, 1.165) is 42.6 Å². The van der Waals surface area contributed by atoms with Gasteiger partial charge in [-0.25, -0.2) is 0 Å². The standard InChI is InChI=1S/C14H18ClNO2/c1-2-7-18-11-12-3-4-13(15)10-14(12)16-5-8-17-9-6-16/h2-4,10H,1,5-9,11H2. The average molecular weight is 268 g/mol. The topological polar surface area (TPSA) is 21.7 Å². The van der Waals surface area contributed by atoms with Gasteiger partial charge in [0.2, 0.25) is 0 Å². The van der Waals surface area contributed by atoms with Crippen LogP contribution in [0.2, 0.25) is 5.02 Å². The van der Waals surface area contributed by atoms with Gasteiger partial charge in [0.1, 0.15) is 0 Å². The number of benzene rings is 1. The molecule has 3 nitrogen and oxygen atoms in total. The second-order valence-electron chi connectivity index (χ2n) is 4.18. The summed E-state index contributed by atoms with van der Waals surface area (Å²) < 4.78 is 10.9. The molecule has 0 spiro atoms. The molecule has 1 aliphatic rings. The number of hydrogen-bond acceptors (Lipinski definition) is 3. The van der Waals surface area contributed by atoms with E-state index in [1.54, 1.807) is 6.08 Å². The lowest BCUT2D eigenvalue weighted by Gasteiger charge is -2.30. The Labute approximate surface area is 113 Å². The number of rotatable bonds is 5. The minimum absolute atomic E-state index is 0.561. The summed E-state index contributed by atoms with van der Waals surface area (Å²) in [5.74, 6) is 0. The van der Waals surface area contributed by atoms with E-state index in [-0.39, 0.29) is 0 Å². The molecule has 0 atom stereocenters. The highest BCUT2D eigenvalue weighted by molar-refractivity contribution is 6.30. The molecular formula is C14H18ClNO2. The highest BCUT2D eigenvalue weighted by Gasteiger charge is 2.15. The van der Waals surface area contributed by atoms with Crippen molar-refractivity contribution in [2.24, 2.45) is 0 Å². The average Bonchev–Trinajstić information content (AvgIpc) is 2.41. The second-order valence-corrected chi connectivity index (χ2v) is 4.61. The molecule has 0 aromatic heterocycles. The molecule has 4 heteroatoms. The van der Waals surface area contributed by atoms with Crippen molar-refractivity contribution in [1.29, 1.82) is 0 Å². The van der Waals surface area contributed by atoms with Crippen LogP contribution in [-0.4, -0.2) is 32.9 Å². The molecule has 1 aromatic rings. The van der Waals surface area contributed by atoms with Gasteiger partial charge in [-0.15, -0.1) is 6.58 Å². The highest BCUT2D eigenvalue weighted by Crippen LogP contribution is 2.26. The minimum Gasteiger partial charge on any atom is -0.378 e. The fourth-order valence-electron chi connectivity index (χ4n) is 2.01. The van der Waals surface area contributed by atoms with Crippen LogP contribution in [-0.2, 0) is 16.1 Å². The van der Waals surface area contributed by atoms with E-state index < -0.39 is 0 Å². The molecule has 1 aromatic carbocycles. The number of ether oxygens (including phenoxy) is 2. The zero-order valence-corrected chi connectivity index (χ0v) is 11.2. The number of morpholine rings is 1. The lowest BCUT2D eigenvalue weighted by Crippen LogP contribution is -2.36. The van der Waals surface area contributed by atoms with Crippen molar-refractivity contribution < 1.29 is 9.47 Å². The summed E-state index contributed by atoms with van der Waals surface area (Å²) in [6, 6.07) is 5.92. The number of anilines is 1. The zero-order valence-electron chi connectivity index (χ0n) is 10.4. The summed E-state index contributed by atoms with van der Waals surface area (Å²) in [5.41, 5.74) is 2.30. The van der Waals surface area contributed by atoms with E-state index in [0.29, 0.717) is 13.2 Å². The fourth-order valence-corrected chi connectivity index (χ4v) is 2.18. The van der Waals surface area contributed by atoms with E-state index in [1.165, 1.54) is 0 Å². The Morgan fingerprint density at radius 2 is 2.17 bits per heavy atom. The highest BCUT2D eigenvalue weighted by atomic mass is 35.5. The van der Waals surface area contributed by atoms with Gasteiger partial charge < -0.3 is 14.4 Å². The SMILES string of the molecule is C=CCOCc1ccc(Cl)cc1N1CCOCC1. The van der Waals surface area contributed by atoms with Crippen LogP contribution in [0.3, 0.4) is 0 Å². The Bertz CT molecular complexity index is 403. The van der Waals surface area contributed by atoms with Crippen molar-refractivity contribution in [3.63, 3.8) is 0 Å². The van der Waals surface area contributed by atoms with E-state index in [2.05, 4.69) is 11.5 Å². The van der Waals surface area contributed by atoms with Gasteiger partial charge in [0.25, 0.3) is 0 Å². The minimum atomic E-state index is 0.561. The molecule has 1 aliphatic heterocycles. The predicted molar refractivity (Wildman–Crippen MR) is 74.3 cm³/mol. The first-order valence-electron chi connectivity index (χ1n) is 6.11. The summed E-state index contributed by atoms with van der Waals surface area (Å²) in [5, 5.41) is 0.754. The molecule has 0 amide bonds. The van der Waals surface area contributed by atoms with Gasteiger partial charge in [-0.1, -0.05) is 23.7 Å². The van der Waals surface area contributed by atoms with Crippen molar-refractivity contribution >= 4 is 17.3 Å². The molecule has 1 heterocycles. The summed E-state index contributed by atoms with van der Waals surface area (Å²) >= 11 is 6.08. The molecule has 0 N–H and O–H groups in total. The summed E-state index contributed by atoms with van der Waals surface area (Å²) in [6.07, 6.45) is 1.75. The van der Waals surface area contributed by atoms with Gasteiger partial charge in [0.05, 0.1) is 26.4 Å². The van der Waals surface area contributed by atoms with E-state index >= 15 is 0 Å². The molecule has 0 radical (unpaired) electrons. The molecule has 0 aliphatic carbocycles. The Kier molecular flexibility index (Phi) is 5.05. The van der Waals surface area contributed by atoms with Crippen LogP contribution in [0.25, 0.3) is 0 Å². The largest absolute Gasteiger partial charge is 0.378 e. The maximum atomic E-state index is 6.08. The third-order valence-corrected chi connectivity index (χ3v) is 3.13. The van der Waals surface area contributed by atoms with Gasteiger partial charge in [0, 0.05) is 29.4 Å². The van der Waals surface area contributed by atoms with E-state index in [9.17, 15) is 0 Å². The Morgan fingerprint density at radius 1 is 1.39 bits per heavy atom. The van der Waals surface area contributed by atoms with Crippen LogP contribution in [0.1, 0.15) is 5.56 Å². The van der Waals surface area contributed by atoms with Gasteiger partial charge in [0.15, 0.2) is 0 Å². The number of hydrogen-bond donors (Lipinski definition) is 0. The second kappa shape index (κ2) is 6.78. The fraction of sp³-hybridized carbons (Fsp3) is 0.429. The van der Waals surface area contributed by atoms with Crippen molar-refractivity contribution in [1.82, 2.24) is 0 Å². The molecular weight excluding hydrogens is 250 g/mol. The Balaban J connectivity index is 2.13. The van der Waals surface area contributed by atoms with Crippen LogP contribution in [0.15, 0.2) is 30.9 Å². The van der Waals surface area contributed by atoms with Crippen LogP contribution < -0.4 is 4.90 Å². The molecule has 0 saturated carbocycles. The monoisotopic (exact) mass is 267 g/mol. The van der Waals surface area contributed by atoms with Gasteiger partial charge in [-0.05, 0) is 12.1 Å². The van der Waals surface area contributed by atoms with E-state index in [4.69, 9.17) is 21.1 Å². The van der Waals surface area contributed by atoms with Crippen molar-refractivity contribution in [3.8, 4) is 0 Å². The van der Waals surface area contributed by atoms with Gasteiger partial charge in [-0.2, -0.15) is 0 Å². The third-order valence-electron chi connectivity index (χ3n) is 2.89. The smallest absolute Gasteiger partial charge is 0.0741 e. The Morgan fingerprint density at radius 3 is 2.89 bits per heavy atom. The van der Waals surface area contributed by atoms with E-state index in [1.807, 2.05) is 18.2 Å². The number of nitrogens with zero attached hydrogens (tertiary/aromatic N) is 1. The molecule has 1 saturated heterocycles. The molecule has 0 bridgehead atoms. The van der Waals surface area contributed by atoms with Crippen molar-refractivity contribution in [3.05, 3.63) is 41.4 Å². The zero-order chi connectivity index (χ0) is 12.8. The summed E-state index contributed by atoms with van der Waals surface area (Å²) in [6.45, 7) is 8.11. The van der Waals surface area contributed by atoms with Crippen LogP contribution >= 0.6 is 11.6 Å².